The van der Waals surface area contributed by atoms with Crippen LogP contribution in [0, 0.1) is 6.92 Å². The quantitative estimate of drug-likeness (QED) is 0.808. The average molecular weight is 280 g/mol. The Balaban J connectivity index is 2.21. The predicted molar refractivity (Wildman–Crippen MR) is 75.0 cm³/mol. The summed E-state index contributed by atoms with van der Waals surface area (Å²) >= 11 is 0. The van der Waals surface area contributed by atoms with Crippen molar-refractivity contribution in [3.8, 4) is 0 Å². The second kappa shape index (κ2) is 6.17. The molecule has 1 saturated heterocycles. The molecule has 0 aliphatic carbocycles. The molecule has 0 aromatic carbocycles. The van der Waals surface area contributed by atoms with Gasteiger partial charge in [0.15, 0.2) is 0 Å². The molecule has 7 heteroatoms. The standard InChI is InChI=1S/C13H20N4O3/c1-4-17(13-8(2)12(14)15-7-16-13)11-5-9(18)10(20-11)6-19-3/h4,7,9-11,18H,1,5-6H2,2-3H3,(H2,14,15,16). The molecule has 3 unspecified atom stereocenters. The molecule has 0 amide bonds. The Labute approximate surface area is 118 Å². The minimum atomic E-state index is -0.582. The van der Waals surface area contributed by atoms with Gasteiger partial charge in [-0.05, 0) is 6.92 Å². The molecule has 1 aliphatic heterocycles. The Kier molecular flexibility index (Phi) is 4.53. The Hall–Kier alpha value is -1.70. The van der Waals surface area contributed by atoms with Crippen LogP contribution in [0.2, 0.25) is 0 Å². The van der Waals surface area contributed by atoms with E-state index in [9.17, 15) is 5.11 Å². The maximum atomic E-state index is 9.98. The summed E-state index contributed by atoms with van der Waals surface area (Å²) in [5.74, 6) is 1.04. The minimum absolute atomic E-state index is 0.341. The predicted octanol–water partition coefficient (Wildman–Crippen LogP) is 0.439. The van der Waals surface area contributed by atoms with E-state index < -0.39 is 6.10 Å². The lowest BCUT2D eigenvalue weighted by molar-refractivity contribution is -0.0317. The maximum absolute atomic E-state index is 9.98. The van der Waals surface area contributed by atoms with E-state index in [1.165, 1.54) is 6.33 Å². The number of nitrogens with two attached hydrogens (primary N) is 1. The van der Waals surface area contributed by atoms with Crippen molar-refractivity contribution in [2.24, 2.45) is 0 Å². The van der Waals surface area contributed by atoms with Crippen molar-refractivity contribution < 1.29 is 14.6 Å². The van der Waals surface area contributed by atoms with Gasteiger partial charge in [-0.3, -0.25) is 0 Å². The number of rotatable bonds is 5. The van der Waals surface area contributed by atoms with Crippen LogP contribution < -0.4 is 10.6 Å². The summed E-state index contributed by atoms with van der Waals surface area (Å²) in [6.07, 6.45) is 2.17. The highest BCUT2D eigenvalue weighted by Crippen LogP contribution is 2.29. The van der Waals surface area contributed by atoms with Gasteiger partial charge < -0.3 is 25.2 Å². The highest BCUT2D eigenvalue weighted by Gasteiger charge is 2.37. The SMILES string of the molecule is C=CN(c1ncnc(N)c1C)C1CC(O)C(COC)O1. The summed E-state index contributed by atoms with van der Waals surface area (Å²) < 4.78 is 10.8. The Morgan fingerprint density at radius 3 is 3.05 bits per heavy atom. The number of methoxy groups -OCH3 is 1. The number of aliphatic hydroxyl groups excluding tert-OH is 1. The summed E-state index contributed by atoms with van der Waals surface area (Å²) in [6.45, 7) is 5.95. The van der Waals surface area contributed by atoms with Gasteiger partial charge in [-0.15, -0.1) is 0 Å². The van der Waals surface area contributed by atoms with Crippen molar-refractivity contribution in [2.75, 3.05) is 24.4 Å². The van der Waals surface area contributed by atoms with E-state index in [-0.39, 0.29) is 12.3 Å². The number of nitrogens with zero attached hydrogens (tertiary/aromatic N) is 3. The second-order valence-electron chi connectivity index (χ2n) is 4.68. The van der Waals surface area contributed by atoms with Crippen LogP contribution in [-0.4, -0.2) is 47.2 Å². The van der Waals surface area contributed by atoms with Crippen LogP contribution >= 0.6 is 0 Å². The first-order chi connectivity index (χ1) is 9.58. The van der Waals surface area contributed by atoms with Gasteiger partial charge >= 0.3 is 0 Å². The van der Waals surface area contributed by atoms with Gasteiger partial charge in [0.2, 0.25) is 0 Å². The van der Waals surface area contributed by atoms with Crippen LogP contribution in [-0.2, 0) is 9.47 Å². The fraction of sp³-hybridized carbons (Fsp3) is 0.538. The van der Waals surface area contributed by atoms with Crippen LogP contribution in [0.4, 0.5) is 11.6 Å². The van der Waals surface area contributed by atoms with Gasteiger partial charge in [0.05, 0.1) is 12.7 Å². The first-order valence-electron chi connectivity index (χ1n) is 6.39. The maximum Gasteiger partial charge on any atom is 0.143 e. The molecule has 110 valence electrons. The van der Waals surface area contributed by atoms with Crippen LogP contribution in [0.15, 0.2) is 19.1 Å². The fourth-order valence-corrected chi connectivity index (χ4v) is 2.25. The summed E-state index contributed by atoms with van der Waals surface area (Å²) in [7, 11) is 1.57. The second-order valence-corrected chi connectivity index (χ2v) is 4.68. The smallest absolute Gasteiger partial charge is 0.143 e. The lowest BCUT2D eigenvalue weighted by Gasteiger charge is -2.27. The van der Waals surface area contributed by atoms with E-state index in [1.54, 1.807) is 18.2 Å². The molecule has 1 aromatic heterocycles. The van der Waals surface area contributed by atoms with Crippen molar-refractivity contribution in [2.45, 2.75) is 31.8 Å². The van der Waals surface area contributed by atoms with Crippen LogP contribution in [0.5, 0.6) is 0 Å². The number of aliphatic hydroxyl groups is 1. The molecule has 3 N–H and O–H groups in total. The third kappa shape index (κ3) is 2.74. The molecule has 3 atom stereocenters. The molecular weight excluding hydrogens is 260 g/mol. The van der Waals surface area contributed by atoms with Gasteiger partial charge in [-0.2, -0.15) is 0 Å². The number of anilines is 2. The number of nitrogen functional groups attached to an aromatic ring is 1. The zero-order valence-electron chi connectivity index (χ0n) is 11.7. The molecule has 0 bridgehead atoms. The van der Waals surface area contributed by atoms with Gasteiger partial charge in [0.1, 0.15) is 30.3 Å². The van der Waals surface area contributed by atoms with E-state index >= 15 is 0 Å². The normalized spacial score (nSPS) is 25.6. The van der Waals surface area contributed by atoms with Crippen molar-refractivity contribution in [3.05, 3.63) is 24.7 Å². The van der Waals surface area contributed by atoms with Gasteiger partial charge in [0.25, 0.3) is 0 Å². The molecule has 2 rings (SSSR count). The number of hydrogen-bond acceptors (Lipinski definition) is 7. The molecule has 20 heavy (non-hydrogen) atoms. The summed E-state index contributed by atoms with van der Waals surface area (Å²) in [5.41, 5.74) is 6.54. The molecule has 2 heterocycles. The average Bonchev–Trinajstić information content (AvgIpc) is 2.77. The van der Waals surface area contributed by atoms with Crippen LogP contribution in [0.25, 0.3) is 0 Å². The Morgan fingerprint density at radius 2 is 2.40 bits per heavy atom. The zero-order valence-corrected chi connectivity index (χ0v) is 11.7. The Morgan fingerprint density at radius 1 is 1.65 bits per heavy atom. The lowest BCUT2D eigenvalue weighted by Crippen LogP contribution is -2.32. The van der Waals surface area contributed by atoms with Crippen LogP contribution in [0.3, 0.4) is 0 Å². The van der Waals surface area contributed by atoms with E-state index in [0.717, 1.165) is 5.56 Å². The van der Waals surface area contributed by atoms with Crippen molar-refractivity contribution in [1.29, 1.82) is 0 Å². The third-order valence-corrected chi connectivity index (χ3v) is 3.38. The molecule has 0 radical (unpaired) electrons. The van der Waals surface area contributed by atoms with Crippen molar-refractivity contribution in [1.82, 2.24) is 9.97 Å². The molecule has 1 aliphatic rings. The summed E-state index contributed by atoms with van der Waals surface area (Å²) in [5, 5.41) is 9.98. The highest BCUT2D eigenvalue weighted by molar-refractivity contribution is 5.57. The van der Waals surface area contributed by atoms with Gasteiger partial charge in [-0.1, -0.05) is 6.58 Å². The molecule has 7 nitrogen and oxygen atoms in total. The number of aromatic nitrogens is 2. The van der Waals surface area contributed by atoms with E-state index in [1.807, 2.05) is 6.92 Å². The van der Waals surface area contributed by atoms with Crippen molar-refractivity contribution >= 4 is 11.6 Å². The minimum Gasteiger partial charge on any atom is -0.390 e. The molecule has 1 aromatic rings. The van der Waals surface area contributed by atoms with E-state index in [4.69, 9.17) is 15.2 Å². The molecular formula is C13H20N4O3. The Bertz CT molecular complexity index is 483. The molecule has 0 saturated carbocycles. The third-order valence-electron chi connectivity index (χ3n) is 3.38. The first-order valence-corrected chi connectivity index (χ1v) is 6.39. The van der Waals surface area contributed by atoms with E-state index in [2.05, 4.69) is 16.5 Å². The summed E-state index contributed by atoms with van der Waals surface area (Å²) in [6, 6.07) is 0. The zero-order chi connectivity index (χ0) is 14.7. The largest absolute Gasteiger partial charge is 0.390 e. The summed E-state index contributed by atoms with van der Waals surface area (Å²) in [4.78, 5) is 9.92. The van der Waals surface area contributed by atoms with E-state index in [0.29, 0.717) is 24.7 Å². The lowest BCUT2D eigenvalue weighted by atomic mass is 10.2. The van der Waals surface area contributed by atoms with Gasteiger partial charge in [-0.25, -0.2) is 9.97 Å². The fourth-order valence-electron chi connectivity index (χ4n) is 2.25. The van der Waals surface area contributed by atoms with Crippen LogP contribution in [0.1, 0.15) is 12.0 Å². The number of ether oxygens (including phenoxy) is 2. The van der Waals surface area contributed by atoms with Crippen molar-refractivity contribution in [3.63, 3.8) is 0 Å². The molecule has 1 fully saturated rings. The number of hydrogen-bond donors (Lipinski definition) is 2. The monoisotopic (exact) mass is 280 g/mol. The molecule has 0 spiro atoms. The highest BCUT2D eigenvalue weighted by atomic mass is 16.6. The topological polar surface area (TPSA) is 93.7 Å². The first kappa shape index (κ1) is 14.7. The van der Waals surface area contributed by atoms with Gasteiger partial charge in [0, 0.05) is 25.3 Å².